The second-order valence-corrected chi connectivity index (χ2v) is 5.63. The normalized spacial score (nSPS) is 10.7. The minimum absolute atomic E-state index is 0.309. The standard InChI is InChI=1S/C14H20N4O2S/c1-5-11-10(8-18(4)17-11)7-15-14-16-9(3)12(21-14)13(19)20-6-2/h8H,5-7H2,1-4H3,(H,15,16). The number of esters is 1. The fourth-order valence-corrected chi connectivity index (χ4v) is 2.91. The average molecular weight is 308 g/mol. The first-order valence-electron chi connectivity index (χ1n) is 6.94. The van der Waals surface area contributed by atoms with Crippen LogP contribution in [0.3, 0.4) is 0 Å². The van der Waals surface area contributed by atoms with E-state index in [9.17, 15) is 4.79 Å². The van der Waals surface area contributed by atoms with Gasteiger partial charge in [-0.05, 0) is 20.3 Å². The molecule has 2 rings (SSSR count). The molecule has 1 N–H and O–H groups in total. The van der Waals surface area contributed by atoms with Crippen LogP contribution in [0.1, 0.15) is 40.5 Å². The first kappa shape index (κ1) is 15.5. The molecule has 21 heavy (non-hydrogen) atoms. The Balaban J connectivity index is 2.07. The van der Waals surface area contributed by atoms with Crippen molar-refractivity contribution in [2.75, 3.05) is 11.9 Å². The number of aromatic nitrogens is 3. The van der Waals surface area contributed by atoms with Gasteiger partial charge in [0.05, 0.1) is 18.0 Å². The number of nitrogens with zero attached hydrogens (tertiary/aromatic N) is 3. The van der Waals surface area contributed by atoms with Gasteiger partial charge in [-0.25, -0.2) is 9.78 Å². The van der Waals surface area contributed by atoms with Crippen molar-refractivity contribution in [1.82, 2.24) is 14.8 Å². The van der Waals surface area contributed by atoms with Crippen LogP contribution in [0.25, 0.3) is 0 Å². The Morgan fingerprint density at radius 1 is 1.48 bits per heavy atom. The van der Waals surface area contributed by atoms with Crippen LogP contribution in [0, 0.1) is 6.92 Å². The van der Waals surface area contributed by atoms with Crippen molar-refractivity contribution in [3.8, 4) is 0 Å². The van der Waals surface area contributed by atoms with Crippen LogP contribution in [0.5, 0.6) is 0 Å². The van der Waals surface area contributed by atoms with Crippen LogP contribution in [0.4, 0.5) is 5.13 Å². The lowest BCUT2D eigenvalue weighted by atomic mass is 10.2. The third kappa shape index (κ3) is 3.60. The summed E-state index contributed by atoms with van der Waals surface area (Å²) in [5.74, 6) is -0.309. The number of nitrogens with one attached hydrogen (secondary N) is 1. The van der Waals surface area contributed by atoms with Gasteiger partial charge in [-0.1, -0.05) is 18.3 Å². The first-order valence-corrected chi connectivity index (χ1v) is 7.76. The van der Waals surface area contributed by atoms with Crippen molar-refractivity contribution in [2.24, 2.45) is 7.05 Å². The third-order valence-electron chi connectivity index (χ3n) is 3.01. The zero-order valence-electron chi connectivity index (χ0n) is 12.8. The molecule has 0 amide bonds. The molecule has 2 aromatic rings. The number of hydrogen-bond acceptors (Lipinski definition) is 6. The van der Waals surface area contributed by atoms with E-state index in [2.05, 4.69) is 22.3 Å². The van der Waals surface area contributed by atoms with Gasteiger partial charge >= 0.3 is 5.97 Å². The summed E-state index contributed by atoms with van der Waals surface area (Å²) >= 11 is 1.32. The van der Waals surface area contributed by atoms with Gasteiger partial charge < -0.3 is 10.1 Å². The lowest BCUT2D eigenvalue weighted by molar-refractivity contribution is 0.0531. The van der Waals surface area contributed by atoms with E-state index in [0.29, 0.717) is 23.7 Å². The Labute approximate surface area is 128 Å². The zero-order chi connectivity index (χ0) is 15.4. The molecule has 0 aromatic carbocycles. The molecule has 0 aliphatic carbocycles. The Morgan fingerprint density at radius 3 is 2.90 bits per heavy atom. The number of carbonyl (C=O) groups is 1. The number of rotatable bonds is 6. The smallest absolute Gasteiger partial charge is 0.350 e. The third-order valence-corrected chi connectivity index (χ3v) is 4.11. The van der Waals surface area contributed by atoms with Crippen LogP contribution in [0.2, 0.25) is 0 Å². The number of hydrogen-bond donors (Lipinski definition) is 1. The monoisotopic (exact) mass is 308 g/mol. The van der Waals surface area contributed by atoms with Gasteiger partial charge in [-0.15, -0.1) is 0 Å². The molecule has 0 atom stereocenters. The van der Waals surface area contributed by atoms with Gasteiger partial charge in [0.25, 0.3) is 0 Å². The van der Waals surface area contributed by atoms with Crippen molar-refractivity contribution in [1.29, 1.82) is 0 Å². The lowest BCUT2D eigenvalue weighted by Crippen LogP contribution is -2.03. The molecule has 2 heterocycles. The molecule has 6 nitrogen and oxygen atoms in total. The predicted octanol–water partition coefficient (Wildman–Crippen LogP) is 2.54. The molecular weight excluding hydrogens is 288 g/mol. The molecule has 0 fully saturated rings. The Bertz CT molecular complexity index is 633. The largest absolute Gasteiger partial charge is 0.462 e. The molecule has 0 aliphatic heterocycles. The molecule has 0 radical (unpaired) electrons. The van der Waals surface area contributed by atoms with Crippen molar-refractivity contribution in [3.05, 3.63) is 28.0 Å². The van der Waals surface area contributed by atoms with Crippen LogP contribution < -0.4 is 5.32 Å². The summed E-state index contributed by atoms with van der Waals surface area (Å²) in [5.41, 5.74) is 2.91. The summed E-state index contributed by atoms with van der Waals surface area (Å²) in [6.45, 7) is 6.70. The Kier molecular flexibility index (Phi) is 4.95. The molecular formula is C14H20N4O2S. The summed E-state index contributed by atoms with van der Waals surface area (Å²) in [5, 5.41) is 8.38. The Hall–Kier alpha value is -1.89. The topological polar surface area (TPSA) is 69.0 Å². The number of ether oxygens (including phenoxy) is 1. The molecule has 0 saturated carbocycles. The molecule has 0 unspecified atom stereocenters. The molecule has 0 spiro atoms. The highest BCUT2D eigenvalue weighted by Gasteiger charge is 2.16. The van der Waals surface area contributed by atoms with E-state index in [4.69, 9.17) is 4.74 Å². The summed E-state index contributed by atoms with van der Waals surface area (Å²) < 4.78 is 6.83. The second-order valence-electron chi connectivity index (χ2n) is 4.64. The highest BCUT2D eigenvalue weighted by Crippen LogP contribution is 2.24. The van der Waals surface area contributed by atoms with Gasteiger partial charge in [0.2, 0.25) is 0 Å². The number of thiazole rings is 1. The second kappa shape index (κ2) is 6.71. The van der Waals surface area contributed by atoms with Gasteiger partial charge in [-0.2, -0.15) is 5.10 Å². The fourth-order valence-electron chi connectivity index (χ4n) is 2.06. The molecule has 114 valence electrons. The highest BCUT2D eigenvalue weighted by atomic mass is 32.1. The maximum absolute atomic E-state index is 11.8. The quantitative estimate of drug-likeness (QED) is 0.831. The van der Waals surface area contributed by atoms with E-state index in [0.717, 1.165) is 22.8 Å². The van der Waals surface area contributed by atoms with E-state index >= 15 is 0 Å². The van der Waals surface area contributed by atoms with E-state index < -0.39 is 0 Å². The molecule has 0 bridgehead atoms. The SMILES string of the molecule is CCOC(=O)c1sc(NCc2cn(C)nc2CC)nc1C. The van der Waals surface area contributed by atoms with Crippen LogP contribution in [-0.4, -0.2) is 27.3 Å². The van der Waals surface area contributed by atoms with Crippen LogP contribution >= 0.6 is 11.3 Å². The van der Waals surface area contributed by atoms with Gasteiger partial charge in [0.15, 0.2) is 5.13 Å². The fraction of sp³-hybridized carbons (Fsp3) is 0.500. The minimum atomic E-state index is -0.309. The molecule has 2 aromatic heterocycles. The summed E-state index contributed by atoms with van der Waals surface area (Å²) in [6.07, 6.45) is 2.89. The molecule has 0 saturated heterocycles. The molecule has 7 heteroatoms. The van der Waals surface area contributed by atoms with Crippen molar-refractivity contribution < 1.29 is 9.53 Å². The van der Waals surface area contributed by atoms with Gasteiger partial charge in [-0.3, -0.25) is 4.68 Å². The van der Waals surface area contributed by atoms with Crippen molar-refractivity contribution >= 4 is 22.4 Å². The predicted molar refractivity (Wildman–Crippen MR) is 82.7 cm³/mol. The maximum atomic E-state index is 11.8. The summed E-state index contributed by atoms with van der Waals surface area (Å²) in [4.78, 5) is 16.7. The van der Waals surface area contributed by atoms with E-state index in [-0.39, 0.29) is 5.97 Å². The van der Waals surface area contributed by atoms with E-state index in [1.165, 1.54) is 11.3 Å². The van der Waals surface area contributed by atoms with Gasteiger partial charge in [0.1, 0.15) is 4.88 Å². The first-order chi connectivity index (χ1) is 10.0. The summed E-state index contributed by atoms with van der Waals surface area (Å²) in [6, 6.07) is 0. The zero-order valence-corrected chi connectivity index (χ0v) is 13.6. The minimum Gasteiger partial charge on any atom is -0.462 e. The number of carbonyl (C=O) groups excluding carboxylic acids is 1. The average Bonchev–Trinajstić information content (AvgIpc) is 2.99. The lowest BCUT2D eigenvalue weighted by Gasteiger charge is -2.01. The number of aryl methyl sites for hydroxylation is 3. The van der Waals surface area contributed by atoms with E-state index in [1.54, 1.807) is 6.92 Å². The van der Waals surface area contributed by atoms with E-state index in [1.807, 2.05) is 24.9 Å². The highest BCUT2D eigenvalue weighted by molar-refractivity contribution is 7.17. The van der Waals surface area contributed by atoms with Crippen molar-refractivity contribution in [3.63, 3.8) is 0 Å². The Morgan fingerprint density at radius 2 is 2.24 bits per heavy atom. The van der Waals surface area contributed by atoms with Crippen LogP contribution in [-0.2, 0) is 24.8 Å². The number of anilines is 1. The van der Waals surface area contributed by atoms with Gasteiger partial charge in [0, 0.05) is 25.4 Å². The maximum Gasteiger partial charge on any atom is 0.350 e. The summed E-state index contributed by atoms with van der Waals surface area (Å²) in [7, 11) is 1.91. The van der Waals surface area contributed by atoms with Crippen LogP contribution in [0.15, 0.2) is 6.20 Å². The molecule has 0 aliphatic rings. The van der Waals surface area contributed by atoms with Crippen molar-refractivity contribution in [2.45, 2.75) is 33.7 Å².